The van der Waals surface area contributed by atoms with Gasteiger partial charge in [0.15, 0.2) is 0 Å². The van der Waals surface area contributed by atoms with Crippen LogP contribution >= 0.6 is 0 Å². The fraction of sp³-hybridized carbons (Fsp3) is 0.353. The average molecular weight is 285 g/mol. The molecular weight excluding hydrogens is 266 g/mol. The lowest BCUT2D eigenvalue weighted by molar-refractivity contribution is 0.0296. The summed E-state index contributed by atoms with van der Waals surface area (Å²) in [7, 11) is 0. The third kappa shape index (κ3) is 2.47. The molecule has 0 saturated carbocycles. The van der Waals surface area contributed by atoms with Crippen molar-refractivity contribution in [2.24, 2.45) is 5.92 Å². The number of carbonyl (C=O) groups is 1. The number of piperidine rings is 1. The molecule has 4 heteroatoms. The summed E-state index contributed by atoms with van der Waals surface area (Å²) in [6.07, 6.45) is 0.237. The molecule has 3 rings (SSSR count). The molecule has 21 heavy (non-hydrogen) atoms. The lowest BCUT2D eigenvalue weighted by Crippen LogP contribution is -2.44. The molecule has 0 aromatic heterocycles. The number of aliphatic hydroxyl groups is 1. The van der Waals surface area contributed by atoms with Crippen molar-refractivity contribution in [1.82, 2.24) is 4.90 Å². The standard InChI is InChI=1S/C17H19NO3/c1-11-10-18(9-8-15(11)19)17(21)14-7-6-12-4-2-3-5-13(12)16(14)20/h2-7,11,15,19-20H,8-10H2,1H3. The van der Waals surface area contributed by atoms with E-state index in [9.17, 15) is 15.0 Å². The Morgan fingerprint density at radius 2 is 2.00 bits per heavy atom. The Kier molecular flexibility index (Phi) is 3.55. The highest BCUT2D eigenvalue weighted by Gasteiger charge is 2.29. The second-order valence-electron chi connectivity index (χ2n) is 5.77. The summed E-state index contributed by atoms with van der Waals surface area (Å²) in [6.45, 7) is 2.98. The van der Waals surface area contributed by atoms with Crippen molar-refractivity contribution in [3.63, 3.8) is 0 Å². The van der Waals surface area contributed by atoms with Gasteiger partial charge in [-0.15, -0.1) is 0 Å². The number of nitrogens with zero attached hydrogens (tertiary/aromatic N) is 1. The van der Waals surface area contributed by atoms with Gasteiger partial charge in [-0.3, -0.25) is 4.79 Å². The number of amides is 1. The molecule has 0 spiro atoms. The molecule has 0 bridgehead atoms. The van der Waals surface area contributed by atoms with Gasteiger partial charge in [0.05, 0.1) is 11.7 Å². The Morgan fingerprint density at radius 3 is 2.76 bits per heavy atom. The monoisotopic (exact) mass is 285 g/mol. The first-order valence-corrected chi connectivity index (χ1v) is 7.26. The number of carbonyl (C=O) groups excluding carboxylic acids is 1. The van der Waals surface area contributed by atoms with E-state index < -0.39 is 0 Å². The molecule has 110 valence electrons. The largest absolute Gasteiger partial charge is 0.506 e. The molecule has 1 aliphatic heterocycles. The van der Waals surface area contributed by atoms with Gasteiger partial charge in [0.25, 0.3) is 5.91 Å². The van der Waals surface area contributed by atoms with E-state index >= 15 is 0 Å². The van der Waals surface area contributed by atoms with Crippen LogP contribution in [0.2, 0.25) is 0 Å². The number of hydrogen-bond acceptors (Lipinski definition) is 3. The number of phenolic OH excluding ortho intramolecular Hbond substituents is 1. The van der Waals surface area contributed by atoms with Crippen LogP contribution < -0.4 is 0 Å². The molecule has 0 radical (unpaired) electrons. The molecule has 4 nitrogen and oxygen atoms in total. The molecule has 2 aromatic rings. The Balaban J connectivity index is 1.93. The summed E-state index contributed by atoms with van der Waals surface area (Å²) in [5.74, 6) is -0.0702. The topological polar surface area (TPSA) is 60.8 Å². The predicted octanol–water partition coefficient (Wildman–Crippen LogP) is 2.39. The number of fused-ring (bicyclic) bond motifs is 1. The van der Waals surface area contributed by atoms with Crippen LogP contribution in [0.25, 0.3) is 10.8 Å². The first kappa shape index (κ1) is 13.9. The maximum atomic E-state index is 12.6. The second kappa shape index (κ2) is 5.37. The fourth-order valence-electron chi connectivity index (χ4n) is 2.92. The van der Waals surface area contributed by atoms with E-state index in [0.717, 1.165) is 5.39 Å². The molecule has 1 heterocycles. The maximum Gasteiger partial charge on any atom is 0.257 e. The van der Waals surface area contributed by atoms with E-state index in [1.165, 1.54) is 0 Å². The molecule has 1 aliphatic rings. The zero-order valence-electron chi connectivity index (χ0n) is 12.0. The van der Waals surface area contributed by atoms with Crippen LogP contribution in [0, 0.1) is 5.92 Å². The molecule has 1 fully saturated rings. The predicted molar refractivity (Wildman–Crippen MR) is 81.3 cm³/mol. The van der Waals surface area contributed by atoms with Crippen molar-refractivity contribution in [2.75, 3.05) is 13.1 Å². The Morgan fingerprint density at radius 1 is 1.24 bits per heavy atom. The first-order valence-electron chi connectivity index (χ1n) is 7.26. The van der Waals surface area contributed by atoms with Gasteiger partial charge in [0, 0.05) is 18.5 Å². The van der Waals surface area contributed by atoms with E-state index in [1.807, 2.05) is 37.3 Å². The minimum absolute atomic E-state index is 0.0388. The zero-order valence-corrected chi connectivity index (χ0v) is 12.0. The molecule has 1 saturated heterocycles. The highest BCUT2D eigenvalue weighted by molar-refractivity contribution is 6.03. The molecular formula is C17H19NO3. The van der Waals surface area contributed by atoms with Crippen LogP contribution in [-0.2, 0) is 0 Å². The molecule has 2 atom stereocenters. The van der Waals surface area contributed by atoms with Crippen molar-refractivity contribution in [3.8, 4) is 5.75 Å². The SMILES string of the molecule is CC1CN(C(=O)c2ccc3ccccc3c2O)CCC1O. The average Bonchev–Trinajstić information content (AvgIpc) is 2.50. The van der Waals surface area contributed by atoms with Gasteiger partial charge in [-0.05, 0) is 23.8 Å². The van der Waals surface area contributed by atoms with Gasteiger partial charge in [0.1, 0.15) is 5.75 Å². The normalized spacial score (nSPS) is 22.5. The van der Waals surface area contributed by atoms with Gasteiger partial charge in [-0.25, -0.2) is 0 Å². The highest BCUT2D eigenvalue weighted by atomic mass is 16.3. The summed E-state index contributed by atoms with van der Waals surface area (Å²) in [5, 5.41) is 21.7. The van der Waals surface area contributed by atoms with Crippen molar-refractivity contribution >= 4 is 16.7 Å². The van der Waals surface area contributed by atoms with Crippen molar-refractivity contribution < 1.29 is 15.0 Å². The zero-order chi connectivity index (χ0) is 15.0. The summed E-state index contributed by atoms with van der Waals surface area (Å²) in [4.78, 5) is 14.3. The Labute approximate surface area is 123 Å². The minimum atomic E-state index is -0.348. The molecule has 0 aliphatic carbocycles. The number of benzene rings is 2. The van der Waals surface area contributed by atoms with Crippen molar-refractivity contribution in [3.05, 3.63) is 42.0 Å². The van der Waals surface area contributed by atoms with E-state index in [0.29, 0.717) is 30.5 Å². The van der Waals surface area contributed by atoms with E-state index in [1.54, 1.807) is 11.0 Å². The number of likely N-dealkylation sites (tertiary alicyclic amines) is 1. The van der Waals surface area contributed by atoms with E-state index in [-0.39, 0.29) is 23.7 Å². The van der Waals surface area contributed by atoms with Crippen LogP contribution in [0.1, 0.15) is 23.7 Å². The Bertz CT molecular complexity index is 683. The van der Waals surface area contributed by atoms with Gasteiger partial charge in [-0.1, -0.05) is 37.3 Å². The van der Waals surface area contributed by atoms with Crippen LogP contribution in [-0.4, -0.2) is 40.2 Å². The summed E-state index contributed by atoms with van der Waals surface area (Å²) < 4.78 is 0. The number of aliphatic hydroxyl groups excluding tert-OH is 1. The molecule has 1 amide bonds. The van der Waals surface area contributed by atoms with Crippen LogP contribution in [0.5, 0.6) is 5.75 Å². The molecule has 2 aromatic carbocycles. The summed E-state index contributed by atoms with van der Waals surface area (Å²) in [6, 6.07) is 11.0. The van der Waals surface area contributed by atoms with Crippen molar-refractivity contribution in [2.45, 2.75) is 19.4 Å². The third-order valence-corrected chi connectivity index (χ3v) is 4.28. The number of rotatable bonds is 1. The number of aromatic hydroxyl groups is 1. The van der Waals surface area contributed by atoms with Gasteiger partial charge < -0.3 is 15.1 Å². The van der Waals surface area contributed by atoms with Crippen LogP contribution in [0.3, 0.4) is 0 Å². The maximum absolute atomic E-state index is 12.6. The number of phenols is 1. The van der Waals surface area contributed by atoms with Crippen LogP contribution in [0.4, 0.5) is 0 Å². The van der Waals surface area contributed by atoms with Gasteiger partial charge >= 0.3 is 0 Å². The minimum Gasteiger partial charge on any atom is -0.506 e. The molecule has 2 unspecified atom stereocenters. The molecule has 2 N–H and O–H groups in total. The van der Waals surface area contributed by atoms with E-state index in [4.69, 9.17) is 0 Å². The summed E-state index contributed by atoms with van der Waals surface area (Å²) >= 11 is 0. The summed E-state index contributed by atoms with van der Waals surface area (Å²) in [5.41, 5.74) is 0.331. The van der Waals surface area contributed by atoms with Crippen molar-refractivity contribution in [1.29, 1.82) is 0 Å². The highest BCUT2D eigenvalue weighted by Crippen LogP contribution is 2.30. The third-order valence-electron chi connectivity index (χ3n) is 4.28. The van der Waals surface area contributed by atoms with Crippen LogP contribution in [0.15, 0.2) is 36.4 Å². The first-order chi connectivity index (χ1) is 10.1. The van der Waals surface area contributed by atoms with Gasteiger partial charge in [-0.2, -0.15) is 0 Å². The smallest absolute Gasteiger partial charge is 0.257 e. The quantitative estimate of drug-likeness (QED) is 0.845. The van der Waals surface area contributed by atoms with Gasteiger partial charge in [0.2, 0.25) is 0 Å². The Hall–Kier alpha value is -2.07. The second-order valence-corrected chi connectivity index (χ2v) is 5.77. The lowest BCUT2D eigenvalue weighted by atomic mass is 9.95. The number of hydrogen-bond donors (Lipinski definition) is 2. The lowest BCUT2D eigenvalue weighted by Gasteiger charge is -2.34. The fourth-order valence-corrected chi connectivity index (χ4v) is 2.92. The van der Waals surface area contributed by atoms with E-state index in [2.05, 4.69) is 0 Å².